The molecule has 1 saturated heterocycles. The minimum absolute atomic E-state index is 0.123. The second-order valence-corrected chi connectivity index (χ2v) is 11.0. The minimum atomic E-state index is -3.29. The second kappa shape index (κ2) is 10.3. The molecule has 2 unspecified atom stereocenters. The first-order valence-electron chi connectivity index (χ1n) is 11.4. The molecule has 0 saturated carbocycles. The number of rotatable bonds is 10. The van der Waals surface area contributed by atoms with E-state index in [1.165, 1.54) is 6.66 Å². The highest BCUT2D eigenvalue weighted by Crippen LogP contribution is 2.49. The highest BCUT2D eigenvalue weighted by molar-refractivity contribution is 7.52. The maximum absolute atomic E-state index is 12.5. The summed E-state index contributed by atoms with van der Waals surface area (Å²) in [5.41, 5.74) is 7.06. The Bertz CT molecular complexity index is 1210. The SMILES string of the molecule is CCOP(C)(=O)OC[C@H]1O[C@@H](n2cnc3c(N)nc(C)nc32)C(C)(COCc2ccccc2)[C@H]1O. The Balaban J connectivity index is 1.62. The zero-order chi connectivity index (χ0) is 25.2. The predicted octanol–water partition coefficient (Wildman–Crippen LogP) is 3.07. The average Bonchev–Trinajstić information content (AvgIpc) is 3.32. The minimum Gasteiger partial charge on any atom is -0.389 e. The van der Waals surface area contributed by atoms with Gasteiger partial charge in [0.15, 0.2) is 11.5 Å². The third kappa shape index (κ3) is 5.40. The van der Waals surface area contributed by atoms with Gasteiger partial charge < -0.3 is 29.4 Å². The van der Waals surface area contributed by atoms with Crippen LogP contribution in [-0.2, 0) is 29.7 Å². The molecule has 1 fully saturated rings. The van der Waals surface area contributed by atoms with E-state index in [0.29, 0.717) is 23.6 Å². The van der Waals surface area contributed by atoms with E-state index in [1.807, 2.05) is 37.3 Å². The van der Waals surface area contributed by atoms with Crippen molar-refractivity contribution in [1.82, 2.24) is 19.5 Å². The van der Waals surface area contributed by atoms with Crippen molar-refractivity contribution in [2.75, 3.05) is 32.2 Å². The first-order chi connectivity index (χ1) is 16.6. The fraction of sp³-hybridized carbons (Fsp3) is 0.522. The van der Waals surface area contributed by atoms with Gasteiger partial charge in [-0.25, -0.2) is 15.0 Å². The van der Waals surface area contributed by atoms with Crippen LogP contribution < -0.4 is 5.73 Å². The predicted molar refractivity (Wildman–Crippen MR) is 130 cm³/mol. The van der Waals surface area contributed by atoms with E-state index in [1.54, 1.807) is 24.7 Å². The normalized spacial score (nSPS) is 26.3. The van der Waals surface area contributed by atoms with Gasteiger partial charge in [0.05, 0.1) is 44.3 Å². The number of nitrogens with two attached hydrogens (primary N) is 1. The van der Waals surface area contributed by atoms with E-state index in [2.05, 4.69) is 15.0 Å². The largest absolute Gasteiger partial charge is 0.389 e. The molecule has 4 rings (SSSR count). The fourth-order valence-electron chi connectivity index (χ4n) is 4.30. The summed E-state index contributed by atoms with van der Waals surface area (Å²) >= 11 is 0. The molecule has 1 aliphatic rings. The maximum atomic E-state index is 12.5. The topological polar surface area (TPSA) is 144 Å². The zero-order valence-electron chi connectivity index (χ0n) is 20.3. The molecule has 35 heavy (non-hydrogen) atoms. The molecule has 0 radical (unpaired) electrons. The van der Waals surface area contributed by atoms with Gasteiger partial charge in [-0.2, -0.15) is 0 Å². The molecule has 3 aromatic rings. The summed E-state index contributed by atoms with van der Waals surface area (Å²) in [4.78, 5) is 13.1. The van der Waals surface area contributed by atoms with Crippen LogP contribution in [0.3, 0.4) is 0 Å². The van der Waals surface area contributed by atoms with Gasteiger partial charge in [-0.3, -0.25) is 9.13 Å². The Hall–Kier alpha value is -2.40. The molecule has 5 atom stereocenters. The molecule has 3 heterocycles. The van der Waals surface area contributed by atoms with Crippen LogP contribution in [0.5, 0.6) is 0 Å². The number of benzene rings is 1. The number of nitrogen functional groups attached to an aromatic ring is 1. The first kappa shape index (κ1) is 25.7. The van der Waals surface area contributed by atoms with Gasteiger partial charge in [0.25, 0.3) is 0 Å². The molecule has 12 heteroatoms. The van der Waals surface area contributed by atoms with Gasteiger partial charge in [0, 0.05) is 6.66 Å². The lowest BCUT2D eigenvalue weighted by Crippen LogP contribution is -2.42. The van der Waals surface area contributed by atoms with Crippen molar-refractivity contribution in [3.63, 3.8) is 0 Å². The summed E-state index contributed by atoms with van der Waals surface area (Å²) in [5.74, 6) is 0.746. The third-order valence-corrected chi connectivity index (χ3v) is 7.42. The number of aliphatic hydroxyl groups is 1. The second-order valence-electron chi connectivity index (χ2n) is 8.92. The van der Waals surface area contributed by atoms with Crippen molar-refractivity contribution in [3.8, 4) is 0 Å². The van der Waals surface area contributed by atoms with Crippen molar-refractivity contribution >= 4 is 24.6 Å². The Morgan fingerprint density at radius 1 is 1.26 bits per heavy atom. The Morgan fingerprint density at radius 2 is 2.00 bits per heavy atom. The van der Waals surface area contributed by atoms with Crippen LogP contribution in [0.1, 0.15) is 31.5 Å². The van der Waals surface area contributed by atoms with Crippen LogP contribution in [0.2, 0.25) is 0 Å². The molecule has 190 valence electrons. The Morgan fingerprint density at radius 3 is 2.71 bits per heavy atom. The van der Waals surface area contributed by atoms with Gasteiger partial charge >= 0.3 is 7.60 Å². The van der Waals surface area contributed by atoms with Crippen molar-refractivity contribution in [3.05, 3.63) is 48.0 Å². The highest BCUT2D eigenvalue weighted by atomic mass is 31.2. The fourth-order valence-corrected chi connectivity index (χ4v) is 5.26. The van der Waals surface area contributed by atoms with Crippen molar-refractivity contribution in [2.24, 2.45) is 5.41 Å². The van der Waals surface area contributed by atoms with Gasteiger partial charge in [-0.05, 0) is 19.4 Å². The van der Waals surface area contributed by atoms with Crippen LogP contribution in [0, 0.1) is 12.3 Å². The number of aryl methyl sites for hydroxylation is 1. The van der Waals surface area contributed by atoms with Crippen LogP contribution in [0.15, 0.2) is 36.7 Å². The number of aromatic nitrogens is 4. The summed E-state index contributed by atoms with van der Waals surface area (Å²) in [6.07, 6.45) is -0.959. The van der Waals surface area contributed by atoms with Crippen molar-refractivity contribution in [2.45, 2.75) is 45.8 Å². The number of hydrogen-bond donors (Lipinski definition) is 2. The van der Waals surface area contributed by atoms with Crippen LogP contribution in [0.25, 0.3) is 11.2 Å². The molecule has 0 amide bonds. The van der Waals surface area contributed by atoms with Crippen LogP contribution in [-0.4, -0.2) is 63.3 Å². The number of imidazole rings is 1. The van der Waals surface area contributed by atoms with Gasteiger partial charge in [-0.15, -0.1) is 0 Å². The van der Waals surface area contributed by atoms with E-state index in [4.69, 9.17) is 24.3 Å². The highest BCUT2D eigenvalue weighted by Gasteiger charge is 2.55. The lowest BCUT2D eigenvalue weighted by molar-refractivity contribution is -0.0736. The van der Waals surface area contributed by atoms with Gasteiger partial charge in [0.2, 0.25) is 0 Å². The number of ether oxygens (including phenoxy) is 2. The quantitative estimate of drug-likeness (QED) is 0.394. The monoisotopic (exact) mass is 505 g/mol. The number of nitrogens with zero attached hydrogens (tertiary/aromatic N) is 4. The molecule has 2 aromatic heterocycles. The molecule has 3 N–H and O–H groups in total. The molecule has 11 nitrogen and oxygen atoms in total. The van der Waals surface area contributed by atoms with E-state index in [-0.39, 0.29) is 25.6 Å². The summed E-state index contributed by atoms with van der Waals surface area (Å²) in [6.45, 7) is 7.39. The molecule has 1 aromatic carbocycles. The van der Waals surface area contributed by atoms with Gasteiger partial charge in [0.1, 0.15) is 23.7 Å². The molecule has 0 spiro atoms. The summed E-state index contributed by atoms with van der Waals surface area (Å²) in [5, 5.41) is 11.4. The third-order valence-electron chi connectivity index (χ3n) is 6.07. The van der Waals surface area contributed by atoms with E-state index < -0.39 is 31.4 Å². The summed E-state index contributed by atoms with van der Waals surface area (Å²) in [6, 6.07) is 9.76. The molecule has 0 aliphatic carbocycles. The number of hydrogen-bond acceptors (Lipinski definition) is 10. The molecular formula is C23H32N5O6P. The summed E-state index contributed by atoms with van der Waals surface area (Å²) < 4.78 is 37.3. The Kier molecular flexibility index (Phi) is 7.56. The van der Waals surface area contributed by atoms with E-state index in [0.717, 1.165) is 5.56 Å². The number of aliphatic hydroxyl groups excluding tert-OH is 1. The van der Waals surface area contributed by atoms with Gasteiger partial charge in [-0.1, -0.05) is 37.3 Å². The molecule has 0 bridgehead atoms. The van der Waals surface area contributed by atoms with Crippen molar-refractivity contribution in [1.29, 1.82) is 0 Å². The standard InChI is InChI=1S/C23H32N5O6P/c1-5-32-35(4,30)33-12-17-19(29)23(3,13-31-11-16-9-7-6-8-10-16)22(34-17)28-14-25-18-20(24)26-15(2)27-21(18)28/h6-10,14,17,19,22,29H,5,11-13H2,1-4H3,(H2,24,26,27)/t17-,19+,22-,23?,35?/m1/s1. The van der Waals surface area contributed by atoms with Crippen molar-refractivity contribution < 1.29 is 28.2 Å². The smallest absolute Gasteiger partial charge is 0.327 e. The average molecular weight is 506 g/mol. The number of anilines is 1. The van der Waals surface area contributed by atoms with Crippen LogP contribution in [0.4, 0.5) is 5.82 Å². The number of fused-ring (bicyclic) bond motifs is 1. The Labute approximate surface area is 204 Å². The van der Waals surface area contributed by atoms with E-state index in [9.17, 15) is 9.67 Å². The first-order valence-corrected chi connectivity index (χ1v) is 13.4. The zero-order valence-corrected chi connectivity index (χ0v) is 21.2. The lowest BCUT2D eigenvalue weighted by atomic mass is 9.83. The van der Waals surface area contributed by atoms with E-state index >= 15 is 0 Å². The maximum Gasteiger partial charge on any atom is 0.327 e. The molecule has 1 aliphatic heterocycles. The summed E-state index contributed by atoms with van der Waals surface area (Å²) in [7, 11) is -3.29. The van der Waals surface area contributed by atoms with Crippen LogP contribution >= 0.6 is 7.60 Å². The molecular weight excluding hydrogens is 473 g/mol. The lowest BCUT2D eigenvalue weighted by Gasteiger charge is -2.33.